The summed E-state index contributed by atoms with van der Waals surface area (Å²) in [5.74, 6) is 0. The lowest BCUT2D eigenvalue weighted by atomic mass is 9.97. The SMILES string of the molecule is CC(c1cccc(N)c1)N1CCCc2ccccc21. The fourth-order valence-electron chi connectivity index (χ4n) is 2.96. The summed E-state index contributed by atoms with van der Waals surface area (Å²) in [5.41, 5.74) is 10.9. The van der Waals surface area contributed by atoms with Crippen LogP contribution >= 0.6 is 0 Å². The monoisotopic (exact) mass is 252 g/mol. The van der Waals surface area contributed by atoms with Crippen LogP contribution in [0.2, 0.25) is 0 Å². The highest BCUT2D eigenvalue weighted by Crippen LogP contribution is 2.34. The number of hydrogen-bond donors (Lipinski definition) is 1. The van der Waals surface area contributed by atoms with Crippen LogP contribution in [0, 0.1) is 0 Å². The Labute approximate surface area is 114 Å². The first-order valence-corrected chi connectivity index (χ1v) is 6.96. The Morgan fingerprint density at radius 1 is 1.11 bits per heavy atom. The maximum absolute atomic E-state index is 5.90. The van der Waals surface area contributed by atoms with Crippen LogP contribution in [-0.4, -0.2) is 6.54 Å². The normalized spacial score (nSPS) is 15.9. The molecule has 98 valence electrons. The van der Waals surface area contributed by atoms with Crippen LogP contribution in [0.3, 0.4) is 0 Å². The molecule has 0 aromatic heterocycles. The molecule has 1 atom stereocenters. The highest BCUT2D eigenvalue weighted by Gasteiger charge is 2.21. The summed E-state index contributed by atoms with van der Waals surface area (Å²) in [6.07, 6.45) is 2.42. The van der Waals surface area contributed by atoms with Crippen molar-refractivity contribution < 1.29 is 0 Å². The van der Waals surface area contributed by atoms with E-state index in [1.54, 1.807) is 0 Å². The Morgan fingerprint density at radius 2 is 1.95 bits per heavy atom. The molecule has 3 rings (SSSR count). The van der Waals surface area contributed by atoms with E-state index >= 15 is 0 Å². The van der Waals surface area contributed by atoms with Crippen LogP contribution in [0.5, 0.6) is 0 Å². The van der Waals surface area contributed by atoms with Crippen LogP contribution in [0.4, 0.5) is 11.4 Å². The average molecular weight is 252 g/mol. The maximum Gasteiger partial charge on any atom is 0.0515 e. The number of nitrogens with two attached hydrogens (primary N) is 1. The zero-order valence-electron chi connectivity index (χ0n) is 11.3. The van der Waals surface area contributed by atoms with Gasteiger partial charge < -0.3 is 10.6 Å². The molecule has 1 heterocycles. The zero-order chi connectivity index (χ0) is 13.2. The second-order valence-corrected chi connectivity index (χ2v) is 5.27. The van der Waals surface area contributed by atoms with E-state index in [1.165, 1.54) is 29.7 Å². The summed E-state index contributed by atoms with van der Waals surface area (Å²) in [7, 11) is 0. The smallest absolute Gasteiger partial charge is 0.0515 e. The predicted molar refractivity (Wildman–Crippen MR) is 81.4 cm³/mol. The van der Waals surface area contributed by atoms with Crippen molar-refractivity contribution in [1.82, 2.24) is 0 Å². The number of para-hydroxylation sites is 1. The minimum Gasteiger partial charge on any atom is -0.399 e. The van der Waals surface area contributed by atoms with Gasteiger partial charge in [-0.05, 0) is 49.1 Å². The van der Waals surface area contributed by atoms with E-state index in [1.807, 2.05) is 12.1 Å². The molecule has 19 heavy (non-hydrogen) atoms. The van der Waals surface area contributed by atoms with E-state index in [2.05, 4.69) is 48.2 Å². The number of aryl methyl sites for hydroxylation is 1. The van der Waals surface area contributed by atoms with Crippen molar-refractivity contribution in [2.75, 3.05) is 17.2 Å². The van der Waals surface area contributed by atoms with Crippen LogP contribution in [-0.2, 0) is 6.42 Å². The fourth-order valence-corrected chi connectivity index (χ4v) is 2.96. The first-order chi connectivity index (χ1) is 9.25. The summed E-state index contributed by atoms with van der Waals surface area (Å²) in [4.78, 5) is 2.49. The molecule has 1 aliphatic heterocycles. The molecule has 0 saturated heterocycles. The molecule has 2 aromatic carbocycles. The van der Waals surface area contributed by atoms with Crippen LogP contribution in [0.15, 0.2) is 48.5 Å². The number of nitrogen functional groups attached to an aromatic ring is 1. The number of fused-ring (bicyclic) bond motifs is 1. The topological polar surface area (TPSA) is 29.3 Å². The van der Waals surface area contributed by atoms with Crippen molar-refractivity contribution in [2.24, 2.45) is 0 Å². The Hall–Kier alpha value is -1.96. The van der Waals surface area contributed by atoms with Gasteiger partial charge in [0.25, 0.3) is 0 Å². The molecule has 0 radical (unpaired) electrons. The summed E-state index contributed by atoms with van der Waals surface area (Å²) >= 11 is 0. The molecule has 0 fully saturated rings. The van der Waals surface area contributed by atoms with Crippen molar-refractivity contribution in [3.63, 3.8) is 0 Å². The standard InChI is InChI=1S/C17H20N2/c1-13(15-7-4-9-16(18)12-15)19-11-5-8-14-6-2-3-10-17(14)19/h2-4,6-7,9-10,12-13H,5,8,11,18H2,1H3. The molecule has 1 unspecified atom stereocenters. The molecular weight excluding hydrogens is 232 g/mol. The highest BCUT2D eigenvalue weighted by atomic mass is 15.2. The second-order valence-electron chi connectivity index (χ2n) is 5.27. The van der Waals surface area contributed by atoms with Crippen molar-refractivity contribution in [3.05, 3.63) is 59.7 Å². The second kappa shape index (κ2) is 4.96. The summed E-state index contributed by atoms with van der Waals surface area (Å²) < 4.78 is 0. The van der Waals surface area contributed by atoms with Gasteiger partial charge in [-0.2, -0.15) is 0 Å². The first kappa shape index (κ1) is 12.1. The number of anilines is 2. The molecule has 0 saturated carbocycles. The van der Waals surface area contributed by atoms with Crippen molar-refractivity contribution in [3.8, 4) is 0 Å². The van der Waals surface area contributed by atoms with E-state index < -0.39 is 0 Å². The Balaban J connectivity index is 1.95. The lowest BCUT2D eigenvalue weighted by Crippen LogP contribution is -2.32. The van der Waals surface area contributed by atoms with Crippen molar-refractivity contribution in [2.45, 2.75) is 25.8 Å². The molecule has 1 aliphatic rings. The lowest BCUT2D eigenvalue weighted by molar-refractivity contribution is 0.616. The quantitative estimate of drug-likeness (QED) is 0.824. The maximum atomic E-state index is 5.90. The van der Waals surface area contributed by atoms with Gasteiger partial charge >= 0.3 is 0 Å². The third-order valence-corrected chi connectivity index (χ3v) is 4.01. The Morgan fingerprint density at radius 3 is 2.79 bits per heavy atom. The molecule has 0 aliphatic carbocycles. The van der Waals surface area contributed by atoms with Gasteiger partial charge in [0.2, 0.25) is 0 Å². The Bertz CT molecular complexity index is 577. The summed E-state index contributed by atoms with van der Waals surface area (Å²) in [6.45, 7) is 3.38. The van der Waals surface area contributed by atoms with Gasteiger partial charge in [-0.1, -0.05) is 30.3 Å². The van der Waals surface area contributed by atoms with Crippen LogP contribution in [0.25, 0.3) is 0 Å². The van der Waals surface area contributed by atoms with E-state index in [9.17, 15) is 0 Å². The number of rotatable bonds is 2. The Kier molecular flexibility index (Phi) is 3.16. The molecule has 2 N–H and O–H groups in total. The van der Waals surface area contributed by atoms with Crippen LogP contribution in [0.1, 0.15) is 30.5 Å². The fraction of sp³-hybridized carbons (Fsp3) is 0.294. The van der Waals surface area contributed by atoms with Gasteiger partial charge in [0.15, 0.2) is 0 Å². The average Bonchev–Trinajstić information content (AvgIpc) is 2.46. The van der Waals surface area contributed by atoms with Crippen molar-refractivity contribution >= 4 is 11.4 Å². The molecule has 0 bridgehead atoms. The zero-order valence-corrected chi connectivity index (χ0v) is 11.3. The van der Waals surface area contributed by atoms with Crippen LogP contribution < -0.4 is 10.6 Å². The predicted octanol–water partition coefficient (Wildman–Crippen LogP) is 3.78. The molecule has 2 aromatic rings. The molecular formula is C17H20N2. The third kappa shape index (κ3) is 2.30. The van der Waals surface area contributed by atoms with Gasteiger partial charge in [-0.15, -0.1) is 0 Å². The van der Waals surface area contributed by atoms with E-state index in [4.69, 9.17) is 5.73 Å². The first-order valence-electron chi connectivity index (χ1n) is 6.96. The number of hydrogen-bond acceptors (Lipinski definition) is 2. The van der Waals surface area contributed by atoms with E-state index in [0.29, 0.717) is 6.04 Å². The number of benzene rings is 2. The summed E-state index contributed by atoms with van der Waals surface area (Å²) in [6, 6.07) is 17.3. The molecule has 0 amide bonds. The van der Waals surface area contributed by atoms with Crippen molar-refractivity contribution in [1.29, 1.82) is 0 Å². The van der Waals surface area contributed by atoms with Gasteiger partial charge in [0.05, 0.1) is 6.04 Å². The highest BCUT2D eigenvalue weighted by molar-refractivity contribution is 5.57. The van der Waals surface area contributed by atoms with Gasteiger partial charge in [-0.3, -0.25) is 0 Å². The molecule has 0 spiro atoms. The van der Waals surface area contributed by atoms with Gasteiger partial charge in [-0.25, -0.2) is 0 Å². The summed E-state index contributed by atoms with van der Waals surface area (Å²) in [5, 5.41) is 0. The molecule has 2 heteroatoms. The number of nitrogens with zero attached hydrogens (tertiary/aromatic N) is 1. The lowest BCUT2D eigenvalue weighted by Gasteiger charge is -2.36. The minimum atomic E-state index is 0.366. The van der Waals surface area contributed by atoms with E-state index in [0.717, 1.165) is 12.2 Å². The van der Waals surface area contributed by atoms with Gasteiger partial charge in [0.1, 0.15) is 0 Å². The third-order valence-electron chi connectivity index (χ3n) is 4.01. The van der Waals surface area contributed by atoms with E-state index in [-0.39, 0.29) is 0 Å². The largest absolute Gasteiger partial charge is 0.399 e. The van der Waals surface area contributed by atoms with Gasteiger partial charge in [0, 0.05) is 17.9 Å². The minimum absolute atomic E-state index is 0.366. The molecule has 2 nitrogen and oxygen atoms in total.